The standard InChI is InChI=1S/C14H20N2O3/c1-14(2)8-10(5-6-16(14)13(18)19)9-3-4-11(15)12(17)7-9/h3-4,7,10,17H,5-6,8,15H2,1-2H3,(H,18,19). The lowest BCUT2D eigenvalue weighted by molar-refractivity contribution is 0.0606. The molecule has 0 radical (unpaired) electrons. The summed E-state index contributed by atoms with van der Waals surface area (Å²) in [7, 11) is 0. The number of anilines is 1. The van der Waals surface area contributed by atoms with E-state index in [4.69, 9.17) is 5.73 Å². The molecule has 0 aromatic heterocycles. The van der Waals surface area contributed by atoms with Gasteiger partial charge in [0.15, 0.2) is 0 Å². The van der Waals surface area contributed by atoms with Gasteiger partial charge in [-0.15, -0.1) is 0 Å². The molecule has 104 valence electrons. The fourth-order valence-corrected chi connectivity index (χ4v) is 2.86. The fourth-order valence-electron chi connectivity index (χ4n) is 2.86. The second kappa shape index (κ2) is 4.64. The van der Waals surface area contributed by atoms with Gasteiger partial charge in [0.05, 0.1) is 5.69 Å². The smallest absolute Gasteiger partial charge is 0.407 e. The van der Waals surface area contributed by atoms with Crippen LogP contribution in [0.25, 0.3) is 0 Å². The number of carboxylic acid groups (broad SMARTS) is 1. The van der Waals surface area contributed by atoms with Gasteiger partial charge in [-0.2, -0.15) is 0 Å². The molecule has 0 bridgehead atoms. The van der Waals surface area contributed by atoms with E-state index in [1.54, 1.807) is 12.1 Å². The Morgan fingerprint density at radius 3 is 2.68 bits per heavy atom. The van der Waals surface area contributed by atoms with Crippen molar-refractivity contribution in [2.75, 3.05) is 12.3 Å². The number of carbonyl (C=O) groups is 1. The summed E-state index contributed by atoms with van der Waals surface area (Å²) in [5.41, 5.74) is 6.59. The minimum atomic E-state index is -0.872. The maximum Gasteiger partial charge on any atom is 0.407 e. The third-order valence-corrected chi connectivity index (χ3v) is 3.93. The molecular formula is C14H20N2O3. The molecule has 0 spiro atoms. The Hall–Kier alpha value is -1.91. The molecular weight excluding hydrogens is 244 g/mol. The predicted molar refractivity (Wildman–Crippen MR) is 73.3 cm³/mol. The zero-order valence-electron chi connectivity index (χ0n) is 11.3. The first-order valence-electron chi connectivity index (χ1n) is 6.40. The Morgan fingerprint density at radius 1 is 1.47 bits per heavy atom. The van der Waals surface area contributed by atoms with Crippen molar-refractivity contribution < 1.29 is 15.0 Å². The first-order chi connectivity index (χ1) is 8.81. The number of hydrogen-bond acceptors (Lipinski definition) is 3. The van der Waals surface area contributed by atoms with Gasteiger partial charge in [0.2, 0.25) is 0 Å². The molecule has 0 saturated carbocycles. The van der Waals surface area contributed by atoms with Gasteiger partial charge in [0.25, 0.3) is 0 Å². The minimum Gasteiger partial charge on any atom is -0.506 e. The number of piperidine rings is 1. The molecule has 5 nitrogen and oxygen atoms in total. The molecule has 1 saturated heterocycles. The van der Waals surface area contributed by atoms with E-state index >= 15 is 0 Å². The number of benzene rings is 1. The van der Waals surface area contributed by atoms with Crippen LogP contribution in [0.15, 0.2) is 18.2 Å². The number of aromatic hydroxyl groups is 1. The second-order valence-corrected chi connectivity index (χ2v) is 5.75. The molecule has 1 aliphatic heterocycles. The average molecular weight is 264 g/mol. The van der Waals surface area contributed by atoms with Gasteiger partial charge in [0.1, 0.15) is 5.75 Å². The highest BCUT2D eigenvalue weighted by atomic mass is 16.4. The van der Waals surface area contributed by atoms with Gasteiger partial charge in [-0.25, -0.2) is 4.79 Å². The molecule has 1 aromatic carbocycles. The van der Waals surface area contributed by atoms with E-state index < -0.39 is 11.6 Å². The summed E-state index contributed by atoms with van der Waals surface area (Å²) >= 11 is 0. The summed E-state index contributed by atoms with van der Waals surface area (Å²) in [5, 5.41) is 18.9. The van der Waals surface area contributed by atoms with Crippen LogP contribution in [0.2, 0.25) is 0 Å². The number of amides is 1. The first-order valence-corrected chi connectivity index (χ1v) is 6.40. The molecule has 19 heavy (non-hydrogen) atoms. The second-order valence-electron chi connectivity index (χ2n) is 5.75. The number of rotatable bonds is 1. The van der Waals surface area contributed by atoms with Gasteiger partial charge < -0.3 is 20.8 Å². The van der Waals surface area contributed by atoms with Crippen molar-refractivity contribution in [2.45, 2.75) is 38.1 Å². The number of phenols is 1. The Morgan fingerprint density at radius 2 is 2.16 bits per heavy atom. The van der Waals surface area contributed by atoms with Crippen LogP contribution in [0.5, 0.6) is 5.75 Å². The van der Waals surface area contributed by atoms with Crippen LogP contribution in [0.4, 0.5) is 10.5 Å². The summed E-state index contributed by atoms with van der Waals surface area (Å²) in [6.45, 7) is 4.38. The Labute approximate surface area is 112 Å². The summed E-state index contributed by atoms with van der Waals surface area (Å²) in [6, 6.07) is 5.29. The van der Waals surface area contributed by atoms with Crippen LogP contribution >= 0.6 is 0 Å². The van der Waals surface area contributed by atoms with Crippen LogP contribution in [-0.4, -0.2) is 33.3 Å². The van der Waals surface area contributed by atoms with Crippen LogP contribution in [-0.2, 0) is 0 Å². The van der Waals surface area contributed by atoms with E-state index in [1.165, 1.54) is 4.90 Å². The van der Waals surface area contributed by atoms with Crippen LogP contribution in [0.3, 0.4) is 0 Å². The van der Waals surface area contributed by atoms with E-state index in [0.717, 1.165) is 18.4 Å². The Bertz CT molecular complexity index is 499. The van der Waals surface area contributed by atoms with Crippen LogP contribution in [0.1, 0.15) is 38.2 Å². The molecule has 2 rings (SSSR count). The molecule has 1 atom stereocenters. The third-order valence-electron chi connectivity index (χ3n) is 3.93. The molecule has 1 unspecified atom stereocenters. The number of nitrogens with two attached hydrogens (primary N) is 1. The van der Waals surface area contributed by atoms with E-state index in [9.17, 15) is 15.0 Å². The van der Waals surface area contributed by atoms with Crippen molar-refractivity contribution in [3.8, 4) is 5.75 Å². The minimum absolute atomic E-state index is 0.0935. The van der Waals surface area contributed by atoms with Crippen molar-refractivity contribution in [1.29, 1.82) is 0 Å². The van der Waals surface area contributed by atoms with Gasteiger partial charge in [-0.1, -0.05) is 6.07 Å². The third kappa shape index (κ3) is 2.59. The van der Waals surface area contributed by atoms with E-state index in [-0.39, 0.29) is 11.7 Å². The SMILES string of the molecule is CC1(C)CC(c2ccc(N)c(O)c2)CCN1C(=O)O. The molecule has 1 aromatic rings. The highest BCUT2D eigenvalue weighted by Crippen LogP contribution is 2.39. The van der Waals surface area contributed by atoms with Gasteiger partial charge in [-0.05, 0) is 50.3 Å². The zero-order valence-corrected chi connectivity index (χ0v) is 11.3. The largest absolute Gasteiger partial charge is 0.506 e. The summed E-state index contributed by atoms with van der Waals surface area (Å²) < 4.78 is 0. The maximum atomic E-state index is 11.2. The lowest BCUT2D eigenvalue weighted by atomic mass is 9.79. The van der Waals surface area contributed by atoms with Crippen molar-refractivity contribution in [3.63, 3.8) is 0 Å². The van der Waals surface area contributed by atoms with Crippen LogP contribution in [0, 0.1) is 0 Å². The van der Waals surface area contributed by atoms with Gasteiger partial charge in [-0.3, -0.25) is 0 Å². The monoisotopic (exact) mass is 264 g/mol. The molecule has 1 aliphatic rings. The number of nitrogen functional groups attached to an aromatic ring is 1. The summed E-state index contributed by atoms with van der Waals surface area (Å²) in [4.78, 5) is 12.7. The number of nitrogens with zero attached hydrogens (tertiary/aromatic N) is 1. The quantitative estimate of drug-likeness (QED) is 0.537. The lowest BCUT2D eigenvalue weighted by Crippen LogP contribution is -2.51. The summed E-state index contributed by atoms with van der Waals surface area (Å²) in [5.74, 6) is 0.341. The Balaban J connectivity index is 2.20. The van der Waals surface area contributed by atoms with Crippen molar-refractivity contribution >= 4 is 11.8 Å². The highest BCUT2D eigenvalue weighted by molar-refractivity contribution is 5.66. The normalized spacial score (nSPS) is 22.2. The van der Waals surface area contributed by atoms with E-state index in [0.29, 0.717) is 12.2 Å². The Kier molecular flexibility index (Phi) is 3.30. The average Bonchev–Trinajstić information content (AvgIpc) is 2.30. The summed E-state index contributed by atoms with van der Waals surface area (Å²) in [6.07, 6.45) is 0.630. The van der Waals surface area contributed by atoms with E-state index in [2.05, 4.69) is 0 Å². The molecule has 4 N–H and O–H groups in total. The van der Waals surface area contributed by atoms with Gasteiger partial charge >= 0.3 is 6.09 Å². The van der Waals surface area contributed by atoms with Crippen molar-refractivity contribution in [1.82, 2.24) is 4.90 Å². The van der Waals surface area contributed by atoms with Crippen molar-refractivity contribution in [3.05, 3.63) is 23.8 Å². The molecule has 1 heterocycles. The fraction of sp³-hybridized carbons (Fsp3) is 0.500. The zero-order chi connectivity index (χ0) is 14.2. The predicted octanol–water partition coefficient (Wildman–Crippen LogP) is 2.61. The first kappa shape index (κ1) is 13.5. The highest BCUT2D eigenvalue weighted by Gasteiger charge is 2.38. The maximum absolute atomic E-state index is 11.2. The van der Waals surface area contributed by atoms with Crippen molar-refractivity contribution in [2.24, 2.45) is 0 Å². The molecule has 0 aliphatic carbocycles. The molecule has 1 fully saturated rings. The lowest BCUT2D eigenvalue weighted by Gasteiger charge is -2.44. The van der Waals surface area contributed by atoms with Crippen LogP contribution < -0.4 is 5.73 Å². The number of hydrogen-bond donors (Lipinski definition) is 3. The number of phenolic OH excluding ortho intramolecular Hbond substituents is 1. The number of likely N-dealkylation sites (tertiary alicyclic amines) is 1. The molecule has 1 amide bonds. The van der Waals surface area contributed by atoms with Gasteiger partial charge in [0, 0.05) is 12.1 Å². The molecule has 5 heteroatoms. The van der Waals surface area contributed by atoms with E-state index in [1.807, 2.05) is 19.9 Å². The topological polar surface area (TPSA) is 86.8 Å².